The highest BCUT2D eigenvalue weighted by Crippen LogP contribution is 2.28. The van der Waals surface area contributed by atoms with Gasteiger partial charge in [-0.05, 0) is 67.3 Å². The highest BCUT2D eigenvalue weighted by Gasteiger charge is 2.13. The standard InChI is InChI=1S/C23H23NO5/c1-15-11-17(3)19(12-16(15)2)20(25)14-29-23(26)8-6-18-5-7-21(28-10-9-24)22(13-18)27-4/h5-8,11-13H,10,14H2,1-4H3/b8-6+. The van der Waals surface area contributed by atoms with Crippen LogP contribution in [0.15, 0.2) is 36.4 Å². The van der Waals surface area contributed by atoms with E-state index < -0.39 is 5.97 Å². The van der Waals surface area contributed by atoms with Gasteiger partial charge in [-0.25, -0.2) is 4.79 Å². The SMILES string of the molecule is COc1cc(/C=C/C(=O)OCC(=O)c2cc(C)c(C)cc2C)ccc1OCC#N. The zero-order valence-corrected chi connectivity index (χ0v) is 16.9. The number of ether oxygens (including phenoxy) is 3. The molecule has 0 fully saturated rings. The van der Waals surface area contributed by atoms with E-state index in [-0.39, 0.29) is 19.0 Å². The number of esters is 1. The Hall–Kier alpha value is -3.59. The van der Waals surface area contributed by atoms with Crippen LogP contribution in [-0.4, -0.2) is 32.1 Å². The summed E-state index contributed by atoms with van der Waals surface area (Å²) in [4.78, 5) is 24.3. The van der Waals surface area contributed by atoms with Crippen molar-refractivity contribution in [2.75, 3.05) is 20.3 Å². The predicted molar refractivity (Wildman–Crippen MR) is 109 cm³/mol. The summed E-state index contributed by atoms with van der Waals surface area (Å²) in [6, 6.07) is 10.7. The Kier molecular flexibility index (Phi) is 7.55. The Morgan fingerprint density at radius 1 is 1.03 bits per heavy atom. The summed E-state index contributed by atoms with van der Waals surface area (Å²) in [6.07, 6.45) is 2.79. The molecule has 2 aromatic carbocycles. The first kappa shape index (κ1) is 21.7. The first-order valence-corrected chi connectivity index (χ1v) is 8.99. The van der Waals surface area contributed by atoms with E-state index >= 15 is 0 Å². The van der Waals surface area contributed by atoms with E-state index in [1.54, 1.807) is 24.3 Å². The maximum atomic E-state index is 12.4. The van der Waals surface area contributed by atoms with E-state index in [1.165, 1.54) is 13.2 Å². The minimum absolute atomic E-state index is 0.0914. The number of hydrogen-bond acceptors (Lipinski definition) is 6. The molecule has 0 aromatic heterocycles. The van der Waals surface area contributed by atoms with Crippen LogP contribution < -0.4 is 9.47 Å². The second-order valence-corrected chi connectivity index (χ2v) is 6.47. The topological polar surface area (TPSA) is 85.6 Å². The summed E-state index contributed by atoms with van der Waals surface area (Å²) >= 11 is 0. The molecule has 0 bridgehead atoms. The molecule has 0 atom stereocenters. The summed E-state index contributed by atoms with van der Waals surface area (Å²) in [5.74, 6) is 0.0101. The Morgan fingerprint density at radius 2 is 1.76 bits per heavy atom. The first-order valence-electron chi connectivity index (χ1n) is 8.99. The maximum Gasteiger partial charge on any atom is 0.331 e. The van der Waals surface area contributed by atoms with Crippen LogP contribution in [0, 0.1) is 32.1 Å². The van der Waals surface area contributed by atoms with Crippen LogP contribution >= 0.6 is 0 Å². The zero-order valence-electron chi connectivity index (χ0n) is 16.9. The number of aryl methyl sites for hydroxylation is 3. The number of Topliss-reactive ketones (excluding diaryl/α,β-unsaturated/α-hetero) is 1. The zero-order chi connectivity index (χ0) is 21.4. The molecule has 0 aliphatic heterocycles. The maximum absolute atomic E-state index is 12.4. The molecule has 0 amide bonds. The Balaban J connectivity index is 1.98. The van der Waals surface area contributed by atoms with Crippen LogP contribution in [0.4, 0.5) is 0 Å². The van der Waals surface area contributed by atoms with Crippen molar-refractivity contribution in [2.24, 2.45) is 0 Å². The van der Waals surface area contributed by atoms with Gasteiger partial charge in [0.2, 0.25) is 5.78 Å². The minimum Gasteiger partial charge on any atom is -0.493 e. The first-order chi connectivity index (χ1) is 13.8. The average Bonchev–Trinajstić information content (AvgIpc) is 2.71. The van der Waals surface area contributed by atoms with Crippen LogP contribution in [0.3, 0.4) is 0 Å². The van der Waals surface area contributed by atoms with Crippen molar-refractivity contribution in [3.05, 3.63) is 64.2 Å². The van der Waals surface area contributed by atoms with Gasteiger partial charge in [-0.2, -0.15) is 5.26 Å². The lowest BCUT2D eigenvalue weighted by atomic mass is 9.98. The third kappa shape index (κ3) is 5.94. The van der Waals surface area contributed by atoms with Gasteiger partial charge in [-0.15, -0.1) is 0 Å². The number of methoxy groups -OCH3 is 1. The van der Waals surface area contributed by atoms with Crippen LogP contribution in [0.2, 0.25) is 0 Å². The number of nitrogens with zero attached hydrogens (tertiary/aromatic N) is 1. The lowest BCUT2D eigenvalue weighted by Gasteiger charge is -2.09. The Morgan fingerprint density at radius 3 is 2.45 bits per heavy atom. The van der Waals surface area contributed by atoms with Crippen molar-refractivity contribution >= 4 is 17.8 Å². The van der Waals surface area contributed by atoms with E-state index in [4.69, 9.17) is 19.5 Å². The van der Waals surface area contributed by atoms with Crippen molar-refractivity contribution < 1.29 is 23.8 Å². The molecule has 0 spiro atoms. The molecule has 2 rings (SSSR count). The van der Waals surface area contributed by atoms with Gasteiger partial charge in [0.15, 0.2) is 24.7 Å². The third-order valence-electron chi connectivity index (χ3n) is 4.38. The minimum atomic E-state index is -0.622. The lowest BCUT2D eigenvalue weighted by molar-refractivity contribution is -0.136. The molecule has 0 N–H and O–H groups in total. The van der Waals surface area contributed by atoms with Crippen molar-refractivity contribution in [2.45, 2.75) is 20.8 Å². The second-order valence-electron chi connectivity index (χ2n) is 6.47. The fourth-order valence-electron chi connectivity index (χ4n) is 2.70. The molecule has 0 saturated carbocycles. The van der Waals surface area contributed by atoms with Gasteiger partial charge in [-0.1, -0.05) is 12.1 Å². The molecule has 0 aliphatic rings. The summed E-state index contributed by atoms with van der Waals surface area (Å²) in [5, 5.41) is 8.59. The predicted octanol–water partition coefficient (Wildman–Crippen LogP) is 3.96. The van der Waals surface area contributed by atoms with Gasteiger partial charge in [-0.3, -0.25) is 4.79 Å². The smallest absolute Gasteiger partial charge is 0.331 e. The van der Waals surface area contributed by atoms with E-state index in [1.807, 2.05) is 39.0 Å². The van der Waals surface area contributed by atoms with E-state index in [2.05, 4.69) is 0 Å². The van der Waals surface area contributed by atoms with Crippen molar-refractivity contribution in [1.82, 2.24) is 0 Å². The highest BCUT2D eigenvalue weighted by atomic mass is 16.5. The highest BCUT2D eigenvalue weighted by molar-refractivity contribution is 6.00. The summed E-state index contributed by atoms with van der Waals surface area (Å²) in [5.41, 5.74) is 4.22. The number of carbonyl (C=O) groups excluding carboxylic acids is 2. The van der Waals surface area contributed by atoms with Crippen molar-refractivity contribution in [3.8, 4) is 17.6 Å². The van der Waals surface area contributed by atoms with Gasteiger partial charge in [0.25, 0.3) is 0 Å². The molecule has 0 saturated heterocycles. The monoisotopic (exact) mass is 393 g/mol. The summed E-state index contributed by atoms with van der Waals surface area (Å²) in [6.45, 7) is 5.37. The average molecular weight is 393 g/mol. The largest absolute Gasteiger partial charge is 0.493 e. The van der Waals surface area contributed by atoms with Crippen LogP contribution in [-0.2, 0) is 9.53 Å². The van der Waals surface area contributed by atoms with Gasteiger partial charge < -0.3 is 14.2 Å². The van der Waals surface area contributed by atoms with Gasteiger partial charge >= 0.3 is 5.97 Å². The quantitative estimate of drug-likeness (QED) is 0.383. The molecular formula is C23H23NO5. The van der Waals surface area contributed by atoms with Crippen molar-refractivity contribution in [3.63, 3.8) is 0 Å². The molecule has 0 radical (unpaired) electrons. The molecule has 0 unspecified atom stereocenters. The summed E-state index contributed by atoms with van der Waals surface area (Å²) < 4.78 is 15.5. The van der Waals surface area contributed by atoms with Gasteiger partial charge in [0, 0.05) is 11.6 Å². The number of rotatable bonds is 8. The molecule has 0 aliphatic carbocycles. The van der Waals surface area contributed by atoms with E-state index in [9.17, 15) is 9.59 Å². The fourth-order valence-corrected chi connectivity index (χ4v) is 2.70. The van der Waals surface area contributed by atoms with E-state index in [0.29, 0.717) is 22.6 Å². The normalized spacial score (nSPS) is 10.4. The van der Waals surface area contributed by atoms with Crippen LogP contribution in [0.5, 0.6) is 11.5 Å². The lowest BCUT2D eigenvalue weighted by Crippen LogP contribution is -2.14. The number of carbonyl (C=O) groups is 2. The molecule has 29 heavy (non-hydrogen) atoms. The molecule has 0 heterocycles. The molecule has 2 aromatic rings. The Bertz CT molecular complexity index is 985. The number of ketones is 1. The molecule has 6 nitrogen and oxygen atoms in total. The molecular weight excluding hydrogens is 370 g/mol. The third-order valence-corrected chi connectivity index (χ3v) is 4.38. The number of nitriles is 1. The van der Waals surface area contributed by atoms with Crippen molar-refractivity contribution in [1.29, 1.82) is 5.26 Å². The van der Waals surface area contributed by atoms with Gasteiger partial charge in [0.1, 0.15) is 6.07 Å². The van der Waals surface area contributed by atoms with Gasteiger partial charge in [0.05, 0.1) is 7.11 Å². The van der Waals surface area contributed by atoms with Crippen LogP contribution in [0.1, 0.15) is 32.6 Å². The fraction of sp³-hybridized carbons (Fsp3) is 0.261. The molecule has 6 heteroatoms. The van der Waals surface area contributed by atoms with E-state index in [0.717, 1.165) is 16.7 Å². The van der Waals surface area contributed by atoms with Crippen LogP contribution in [0.25, 0.3) is 6.08 Å². The molecule has 150 valence electrons. The number of benzene rings is 2. The summed E-state index contributed by atoms with van der Waals surface area (Å²) in [7, 11) is 1.48. The number of hydrogen-bond donors (Lipinski definition) is 0. The Labute approximate surface area is 170 Å². The second kappa shape index (κ2) is 10.1.